The van der Waals surface area contributed by atoms with Crippen LogP contribution in [0.25, 0.3) is 0 Å². The number of hydrogen-bond donors (Lipinski definition) is 2. The van der Waals surface area contributed by atoms with Gasteiger partial charge in [-0.1, -0.05) is 29.3 Å². The molecule has 2 N–H and O–H groups in total. The van der Waals surface area contributed by atoms with E-state index in [4.69, 9.17) is 28.6 Å². The van der Waals surface area contributed by atoms with Gasteiger partial charge in [-0.3, -0.25) is 0 Å². The molecule has 0 amide bonds. The summed E-state index contributed by atoms with van der Waals surface area (Å²) < 4.78 is 4.97. The molecule has 0 aromatic heterocycles. The summed E-state index contributed by atoms with van der Waals surface area (Å²) in [6.45, 7) is 8.70. The van der Waals surface area contributed by atoms with Gasteiger partial charge < -0.3 is 20.3 Å². The Morgan fingerprint density at radius 3 is 2.50 bits per heavy atom. The van der Waals surface area contributed by atoms with Crippen LogP contribution in [-0.2, 0) is 4.74 Å². The van der Waals surface area contributed by atoms with Gasteiger partial charge in [0.2, 0.25) is 0 Å². The van der Waals surface area contributed by atoms with Gasteiger partial charge >= 0.3 is 5.97 Å². The molecule has 5 nitrogen and oxygen atoms in total. The van der Waals surface area contributed by atoms with Gasteiger partial charge in [-0.05, 0) is 63.3 Å². The van der Waals surface area contributed by atoms with Crippen molar-refractivity contribution in [3.8, 4) is 0 Å². The molecule has 0 heterocycles. The molecule has 0 radical (unpaired) electrons. The van der Waals surface area contributed by atoms with E-state index in [9.17, 15) is 4.79 Å². The Balaban J connectivity index is 1.85. The molecule has 0 atom stereocenters. The highest BCUT2D eigenvalue weighted by Crippen LogP contribution is 2.22. The number of ether oxygens (including phenoxy) is 1. The number of carbonyl (C=O) groups excluding carboxylic acids is 1. The Kier molecular flexibility index (Phi) is 8.54. The number of nitrogens with zero attached hydrogens (tertiary/aromatic N) is 1. The number of rotatable bonds is 8. The van der Waals surface area contributed by atoms with E-state index in [0.29, 0.717) is 34.5 Å². The van der Waals surface area contributed by atoms with Gasteiger partial charge in [0.25, 0.3) is 0 Å². The molecule has 2 rings (SSSR count). The summed E-state index contributed by atoms with van der Waals surface area (Å²) in [4.78, 5) is 14.1. The summed E-state index contributed by atoms with van der Waals surface area (Å²) in [5.74, 6) is -0.435. The molecule has 0 fully saturated rings. The zero-order chi connectivity index (χ0) is 20.5. The lowest BCUT2D eigenvalue weighted by atomic mass is 10.2. The van der Waals surface area contributed by atoms with Crippen LogP contribution in [0.2, 0.25) is 5.02 Å². The fourth-order valence-corrected chi connectivity index (χ4v) is 3.15. The van der Waals surface area contributed by atoms with E-state index in [1.54, 1.807) is 25.1 Å². The van der Waals surface area contributed by atoms with Crippen molar-refractivity contribution >= 4 is 46.3 Å². The molecular weight excluding hydrogens is 394 g/mol. The fourth-order valence-electron chi connectivity index (χ4n) is 2.67. The standard InChI is InChI=1S/C21H26ClN3O2S/c1-4-25(17-9-6-15(3)7-10-17)13-12-23-21(28)24-16-8-11-18(19(22)14-16)20(26)27-5-2/h6-11,14H,4-5,12-13H2,1-3H3,(H2,23,24,28). The summed E-state index contributed by atoms with van der Waals surface area (Å²) >= 11 is 11.5. The van der Waals surface area contributed by atoms with E-state index in [1.807, 2.05) is 0 Å². The zero-order valence-corrected chi connectivity index (χ0v) is 18.0. The van der Waals surface area contributed by atoms with Crippen molar-refractivity contribution in [3.63, 3.8) is 0 Å². The number of likely N-dealkylation sites (N-methyl/N-ethyl adjacent to an activating group) is 1. The van der Waals surface area contributed by atoms with Crippen molar-refractivity contribution in [1.29, 1.82) is 0 Å². The predicted octanol–water partition coefficient (Wildman–Crippen LogP) is 4.64. The average molecular weight is 420 g/mol. The fraction of sp³-hybridized carbons (Fsp3) is 0.333. The van der Waals surface area contributed by atoms with Gasteiger partial charge in [-0.2, -0.15) is 0 Å². The Hall–Kier alpha value is -2.31. The highest BCUT2D eigenvalue weighted by atomic mass is 35.5. The second-order valence-electron chi connectivity index (χ2n) is 6.21. The highest BCUT2D eigenvalue weighted by Gasteiger charge is 2.12. The summed E-state index contributed by atoms with van der Waals surface area (Å²) in [6.07, 6.45) is 0. The van der Waals surface area contributed by atoms with Crippen molar-refractivity contribution in [2.24, 2.45) is 0 Å². The molecule has 0 bridgehead atoms. The first-order valence-corrected chi connectivity index (χ1v) is 10.1. The number of aryl methyl sites for hydroxylation is 1. The van der Waals surface area contributed by atoms with Crippen molar-refractivity contribution in [3.05, 3.63) is 58.6 Å². The van der Waals surface area contributed by atoms with Crippen molar-refractivity contribution in [1.82, 2.24) is 5.32 Å². The first kappa shape index (κ1) is 22.0. The van der Waals surface area contributed by atoms with Crippen LogP contribution in [0.15, 0.2) is 42.5 Å². The van der Waals surface area contributed by atoms with E-state index in [0.717, 1.165) is 13.1 Å². The van der Waals surface area contributed by atoms with Crippen LogP contribution in [0.3, 0.4) is 0 Å². The van der Waals surface area contributed by atoms with E-state index < -0.39 is 5.97 Å². The number of benzene rings is 2. The van der Waals surface area contributed by atoms with Crippen molar-refractivity contribution in [2.75, 3.05) is 36.5 Å². The molecule has 0 saturated heterocycles. The average Bonchev–Trinajstić information content (AvgIpc) is 2.66. The molecule has 0 spiro atoms. The number of anilines is 2. The normalized spacial score (nSPS) is 10.3. The molecule has 2 aromatic rings. The summed E-state index contributed by atoms with van der Waals surface area (Å²) in [6, 6.07) is 13.5. The highest BCUT2D eigenvalue weighted by molar-refractivity contribution is 7.80. The topological polar surface area (TPSA) is 53.6 Å². The SMILES string of the molecule is CCOC(=O)c1ccc(NC(=S)NCCN(CC)c2ccc(C)cc2)cc1Cl. The van der Waals surface area contributed by atoms with Crippen LogP contribution in [0, 0.1) is 6.92 Å². The Morgan fingerprint density at radius 2 is 1.89 bits per heavy atom. The monoisotopic (exact) mass is 419 g/mol. The van der Waals surface area contributed by atoms with E-state index in [1.165, 1.54) is 11.3 Å². The molecule has 0 aliphatic heterocycles. The minimum absolute atomic E-state index is 0.306. The lowest BCUT2D eigenvalue weighted by molar-refractivity contribution is 0.0526. The van der Waals surface area contributed by atoms with Gasteiger partial charge in [0.05, 0.1) is 17.2 Å². The Bertz CT molecular complexity index is 812. The molecule has 7 heteroatoms. The first-order chi connectivity index (χ1) is 13.4. The molecular formula is C21H26ClN3O2S. The third-order valence-electron chi connectivity index (χ3n) is 4.17. The maximum Gasteiger partial charge on any atom is 0.339 e. The van der Waals surface area contributed by atoms with E-state index in [-0.39, 0.29) is 0 Å². The third-order valence-corrected chi connectivity index (χ3v) is 4.73. The molecule has 0 unspecified atom stereocenters. The van der Waals surface area contributed by atoms with Crippen LogP contribution < -0.4 is 15.5 Å². The van der Waals surface area contributed by atoms with Gasteiger partial charge in [0.1, 0.15) is 0 Å². The van der Waals surface area contributed by atoms with Gasteiger partial charge in [0.15, 0.2) is 5.11 Å². The minimum atomic E-state index is -0.435. The molecule has 0 aliphatic carbocycles. The summed E-state index contributed by atoms with van der Waals surface area (Å²) in [7, 11) is 0. The number of carbonyl (C=O) groups is 1. The molecule has 150 valence electrons. The number of halogens is 1. The number of thiocarbonyl (C=S) groups is 1. The van der Waals surface area contributed by atoms with Crippen molar-refractivity contribution in [2.45, 2.75) is 20.8 Å². The second-order valence-corrected chi connectivity index (χ2v) is 7.03. The lowest BCUT2D eigenvalue weighted by Crippen LogP contribution is -2.36. The minimum Gasteiger partial charge on any atom is -0.462 e. The van der Waals surface area contributed by atoms with Crippen molar-refractivity contribution < 1.29 is 9.53 Å². The molecule has 28 heavy (non-hydrogen) atoms. The van der Waals surface area contributed by atoms with Crippen LogP contribution in [0.1, 0.15) is 29.8 Å². The number of hydrogen-bond acceptors (Lipinski definition) is 4. The third kappa shape index (κ3) is 6.39. The maximum absolute atomic E-state index is 11.8. The maximum atomic E-state index is 11.8. The van der Waals surface area contributed by atoms with Crippen LogP contribution >= 0.6 is 23.8 Å². The predicted molar refractivity (Wildman–Crippen MR) is 121 cm³/mol. The second kappa shape index (κ2) is 10.9. The largest absolute Gasteiger partial charge is 0.462 e. The van der Waals surface area contributed by atoms with Gasteiger partial charge in [-0.25, -0.2) is 4.79 Å². The summed E-state index contributed by atoms with van der Waals surface area (Å²) in [5, 5.41) is 7.11. The Labute approximate surface area is 177 Å². The molecule has 0 saturated carbocycles. The first-order valence-electron chi connectivity index (χ1n) is 9.27. The number of esters is 1. The quantitative estimate of drug-likeness (QED) is 0.480. The van der Waals surface area contributed by atoms with Crippen LogP contribution in [0.4, 0.5) is 11.4 Å². The van der Waals surface area contributed by atoms with Crippen LogP contribution in [0.5, 0.6) is 0 Å². The van der Waals surface area contributed by atoms with Crippen LogP contribution in [-0.4, -0.2) is 37.3 Å². The van der Waals surface area contributed by atoms with Gasteiger partial charge in [0, 0.05) is 31.0 Å². The van der Waals surface area contributed by atoms with E-state index in [2.05, 4.69) is 53.6 Å². The van der Waals surface area contributed by atoms with E-state index >= 15 is 0 Å². The summed E-state index contributed by atoms with van der Waals surface area (Å²) in [5.41, 5.74) is 3.48. The smallest absolute Gasteiger partial charge is 0.339 e. The number of nitrogens with one attached hydrogen (secondary N) is 2. The lowest BCUT2D eigenvalue weighted by Gasteiger charge is -2.24. The molecule has 0 aliphatic rings. The van der Waals surface area contributed by atoms with Gasteiger partial charge in [-0.15, -0.1) is 0 Å². The zero-order valence-electron chi connectivity index (χ0n) is 16.4. The molecule has 2 aromatic carbocycles. The Morgan fingerprint density at radius 1 is 1.18 bits per heavy atom.